The van der Waals surface area contributed by atoms with Crippen LogP contribution in [-0.2, 0) is 20.2 Å². The van der Waals surface area contributed by atoms with Gasteiger partial charge in [0, 0.05) is 0 Å². The maximum atomic E-state index is 11.3. The molecule has 6 nitrogen and oxygen atoms in total. The van der Waals surface area contributed by atoms with E-state index in [0.717, 1.165) is 5.56 Å². The molecule has 0 spiro atoms. The molecule has 0 aliphatic carbocycles. The van der Waals surface area contributed by atoms with Crippen LogP contribution >= 0.6 is 0 Å². The van der Waals surface area contributed by atoms with Gasteiger partial charge in [0.1, 0.15) is 0 Å². The molecule has 1 aromatic rings. The largest absolute Gasteiger partial charge is 0.378 e. The monoisotopic (exact) mass is 264 g/mol. The van der Waals surface area contributed by atoms with Crippen molar-refractivity contribution in [2.75, 3.05) is 5.08 Å². The Morgan fingerprint density at radius 2 is 1.56 bits per heavy atom. The van der Waals surface area contributed by atoms with Crippen molar-refractivity contribution in [1.29, 1.82) is 0 Å². The van der Waals surface area contributed by atoms with Gasteiger partial charge >= 0.3 is 20.2 Å². The summed E-state index contributed by atoms with van der Waals surface area (Å²) < 4.78 is 54.3. The quantitative estimate of drug-likeness (QED) is 0.630. The summed E-state index contributed by atoms with van der Waals surface area (Å²) in [7, 11) is -8.34. The second kappa shape index (κ2) is 3.36. The van der Waals surface area contributed by atoms with Crippen LogP contribution in [0.2, 0.25) is 0 Å². The maximum Gasteiger partial charge on any atom is 0.327 e. The number of hydrogen-bond donors (Lipinski definition) is 0. The Bertz CT molecular complexity index is 628. The Labute approximate surface area is 93.1 Å². The lowest BCUT2D eigenvalue weighted by molar-refractivity contribution is 0.472. The SMILES string of the molecule is Cc1ccc2c(c1)OS(=O)(=O)CS(=O)(=O)O2. The first-order chi connectivity index (χ1) is 7.27. The number of benzene rings is 1. The van der Waals surface area contributed by atoms with Gasteiger partial charge in [-0.05, 0) is 24.6 Å². The topological polar surface area (TPSA) is 86.7 Å². The van der Waals surface area contributed by atoms with Gasteiger partial charge in [-0.25, -0.2) is 0 Å². The molecular weight excluding hydrogens is 256 g/mol. The van der Waals surface area contributed by atoms with Gasteiger partial charge in [-0.3, -0.25) is 0 Å². The van der Waals surface area contributed by atoms with E-state index in [4.69, 9.17) is 0 Å². The molecule has 0 fully saturated rings. The zero-order chi connectivity index (χ0) is 12.0. The molecule has 0 N–H and O–H groups in total. The molecule has 2 rings (SSSR count). The molecule has 16 heavy (non-hydrogen) atoms. The van der Waals surface area contributed by atoms with E-state index in [1.165, 1.54) is 12.1 Å². The zero-order valence-corrected chi connectivity index (χ0v) is 9.84. The van der Waals surface area contributed by atoms with E-state index in [-0.39, 0.29) is 11.5 Å². The van der Waals surface area contributed by atoms with Crippen molar-refractivity contribution in [3.8, 4) is 11.5 Å². The zero-order valence-electron chi connectivity index (χ0n) is 8.21. The highest BCUT2D eigenvalue weighted by Crippen LogP contribution is 2.33. The van der Waals surface area contributed by atoms with Crippen LogP contribution in [-0.4, -0.2) is 21.9 Å². The van der Waals surface area contributed by atoms with E-state index in [2.05, 4.69) is 8.37 Å². The van der Waals surface area contributed by atoms with E-state index < -0.39 is 25.3 Å². The van der Waals surface area contributed by atoms with Crippen LogP contribution in [0.15, 0.2) is 18.2 Å². The van der Waals surface area contributed by atoms with Crippen molar-refractivity contribution in [2.24, 2.45) is 0 Å². The van der Waals surface area contributed by atoms with Crippen LogP contribution < -0.4 is 8.37 Å². The minimum atomic E-state index is -4.17. The fourth-order valence-electron chi connectivity index (χ4n) is 1.25. The van der Waals surface area contributed by atoms with E-state index in [0.29, 0.717) is 0 Å². The number of hydrogen-bond acceptors (Lipinski definition) is 6. The van der Waals surface area contributed by atoms with Crippen LogP contribution in [0, 0.1) is 6.92 Å². The van der Waals surface area contributed by atoms with Gasteiger partial charge in [0.25, 0.3) is 0 Å². The summed E-state index contributed by atoms with van der Waals surface area (Å²) in [4.78, 5) is 0. The van der Waals surface area contributed by atoms with Gasteiger partial charge in [0.05, 0.1) is 0 Å². The first kappa shape index (κ1) is 11.2. The molecule has 0 aromatic heterocycles. The lowest BCUT2D eigenvalue weighted by Gasteiger charge is -2.04. The molecule has 0 saturated heterocycles. The lowest BCUT2D eigenvalue weighted by Crippen LogP contribution is -2.21. The maximum absolute atomic E-state index is 11.3. The Morgan fingerprint density at radius 1 is 1.00 bits per heavy atom. The van der Waals surface area contributed by atoms with E-state index >= 15 is 0 Å². The third-order valence-corrected chi connectivity index (χ3v) is 5.00. The number of fused-ring (bicyclic) bond motifs is 1. The Hall–Kier alpha value is -1.28. The molecule has 1 aliphatic heterocycles. The molecule has 1 aromatic carbocycles. The molecule has 1 heterocycles. The highest BCUT2D eigenvalue weighted by molar-refractivity contribution is 8.04. The molecular formula is C8H8O6S2. The fourth-order valence-corrected chi connectivity index (χ4v) is 3.86. The number of rotatable bonds is 0. The number of aryl methyl sites for hydroxylation is 1. The van der Waals surface area contributed by atoms with E-state index in [1.54, 1.807) is 13.0 Å². The molecule has 8 heteroatoms. The summed E-state index contributed by atoms with van der Waals surface area (Å²) in [5, 5.41) is -1.19. The van der Waals surface area contributed by atoms with Crippen molar-refractivity contribution >= 4 is 20.2 Å². The van der Waals surface area contributed by atoms with Gasteiger partial charge < -0.3 is 8.37 Å². The average molecular weight is 264 g/mol. The Morgan fingerprint density at radius 3 is 2.19 bits per heavy atom. The first-order valence-corrected chi connectivity index (χ1v) is 7.38. The van der Waals surface area contributed by atoms with Crippen molar-refractivity contribution in [3.63, 3.8) is 0 Å². The summed E-state index contributed by atoms with van der Waals surface area (Å²) in [6.07, 6.45) is 0. The van der Waals surface area contributed by atoms with Crippen LogP contribution in [0.4, 0.5) is 0 Å². The van der Waals surface area contributed by atoms with Crippen LogP contribution in [0.1, 0.15) is 5.56 Å². The molecule has 88 valence electrons. The van der Waals surface area contributed by atoms with Crippen LogP contribution in [0.25, 0.3) is 0 Å². The molecule has 0 bridgehead atoms. The Kier molecular flexibility index (Phi) is 2.35. The molecule has 0 saturated carbocycles. The smallest absolute Gasteiger partial charge is 0.327 e. The van der Waals surface area contributed by atoms with Crippen LogP contribution in [0.5, 0.6) is 11.5 Å². The summed E-state index contributed by atoms with van der Waals surface area (Å²) in [5.74, 6) is -0.229. The van der Waals surface area contributed by atoms with E-state index in [1.807, 2.05) is 0 Å². The normalized spacial score (nSPS) is 21.1. The second-order valence-corrected chi connectivity index (χ2v) is 6.86. The van der Waals surface area contributed by atoms with Gasteiger partial charge in [0.15, 0.2) is 11.5 Å². The Balaban J connectivity index is 2.65. The van der Waals surface area contributed by atoms with Crippen LogP contribution in [0.3, 0.4) is 0 Å². The molecule has 1 aliphatic rings. The minimum Gasteiger partial charge on any atom is -0.378 e. The molecule has 0 atom stereocenters. The standard InChI is InChI=1S/C8H8O6S2/c1-6-2-3-7-8(4-6)14-16(11,12)5-15(9,10)13-7/h2-4H,5H2,1H3. The summed E-state index contributed by atoms with van der Waals surface area (Å²) in [6.45, 7) is 1.72. The minimum absolute atomic E-state index is 0.110. The molecule has 0 amide bonds. The average Bonchev–Trinajstić information content (AvgIpc) is 2.14. The van der Waals surface area contributed by atoms with Gasteiger partial charge in [-0.1, -0.05) is 6.07 Å². The predicted molar refractivity (Wildman–Crippen MR) is 55.1 cm³/mol. The second-order valence-electron chi connectivity index (χ2n) is 3.35. The highest BCUT2D eigenvalue weighted by Gasteiger charge is 2.32. The predicted octanol–water partition coefficient (Wildman–Crippen LogP) is 0.383. The highest BCUT2D eigenvalue weighted by atomic mass is 32.3. The summed E-state index contributed by atoms with van der Waals surface area (Å²) in [6, 6.07) is 4.34. The summed E-state index contributed by atoms with van der Waals surface area (Å²) in [5.41, 5.74) is 0.733. The fraction of sp³-hybridized carbons (Fsp3) is 0.250. The van der Waals surface area contributed by atoms with Crippen molar-refractivity contribution in [3.05, 3.63) is 23.8 Å². The first-order valence-electron chi connectivity index (χ1n) is 4.22. The van der Waals surface area contributed by atoms with E-state index in [9.17, 15) is 16.8 Å². The molecule has 0 radical (unpaired) electrons. The van der Waals surface area contributed by atoms with Crippen molar-refractivity contribution in [1.82, 2.24) is 0 Å². The van der Waals surface area contributed by atoms with Crippen molar-refractivity contribution < 1.29 is 25.2 Å². The van der Waals surface area contributed by atoms with Crippen molar-refractivity contribution in [2.45, 2.75) is 6.92 Å². The summed E-state index contributed by atoms with van der Waals surface area (Å²) >= 11 is 0. The lowest BCUT2D eigenvalue weighted by atomic mass is 10.2. The van der Waals surface area contributed by atoms with Gasteiger partial charge in [-0.2, -0.15) is 16.8 Å². The third kappa shape index (κ3) is 2.27. The van der Waals surface area contributed by atoms with Gasteiger partial charge in [-0.15, -0.1) is 0 Å². The third-order valence-electron chi connectivity index (χ3n) is 1.82. The van der Waals surface area contributed by atoms with Gasteiger partial charge in [0.2, 0.25) is 5.08 Å². The molecule has 0 unspecified atom stereocenters.